The van der Waals surface area contributed by atoms with Crippen LogP contribution in [0.2, 0.25) is 0 Å². The van der Waals surface area contributed by atoms with Gasteiger partial charge in [0, 0.05) is 31.4 Å². The van der Waals surface area contributed by atoms with Crippen molar-refractivity contribution in [1.82, 2.24) is 10.2 Å². The molecule has 3 rings (SSSR count). The zero-order valence-electron chi connectivity index (χ0n) is 18.8. The number of furan rings is 1. The predicted molar refractivity (Wildman–Crippen MR) is 121 cm³/mol. The molecule has 7 nitrogen and oxygen atoms in total. The molecule has 0 radical (unpaired) electrons. The average Bonchev–Trinajstić information content (AvgIpc) is 3.30. The van der Waals surface area contributed by atoms with Crippen LogP contribution in [0.5, 0.6) is 0 Å². The molecule has 2 atom stereocenters. The van der Waals surface area contributed by atoms with E-state index in [0.29, 0.717) is 23.6 Å². The number of hydrogen-bond acceptors (Lipinski definition) is 5. The minimum atomic E-state index is -1.27. The molecular weight excluding hydrogens is 394 g/mol. The highest BCUT2D eigenvalue weighted by Gasteiger charge is 2.26. The van der Waals surface area contributed by atoms with Crippen LogP contribution in [-0.4, -0.2) is 47.9 Å². The number of nitrogens with one attached hydrogen (secondary N) is 2. The van der Waals surface area contributed by atoms with Crippen molar-refractivity contribution in [3.63, 3.8) is 0 Å². The second-order valence-corrected chi connectivity index (χ2v) is 8.77. The smallest absolute Gasteiger partial charge is 0.319 e. The second-order valence-electron chi connectivity index (χ2n) is 8.77. The minimum Gasteiger partial charge on any atom is -0.466 e. The maximum absolute atomic E-state index is 12.2. The van der Waals surface area contributed by atoms with E-state index in [1.807, 2.05) is 24.3 Å². The fourth-order valence-corrected chi connectivity index (χ4v) is 3.70. The highest BCUT2D eigenvalue weighted by atomic mass is 16.5. The normalized spacial score (nSPS) is 18.7. The third kappa shape index (κ3) is 7.09. The molecule has 0 unspecified atom stereocenters. The number of hydrogen-bond donors (Lipinski definition) is 3. The number of urea groups is 1. The third-order valence-corrected chi connectivity index (χ3v) is 5.69. The molecule has 2 amide bonds. The minimum absolute atomic E-state index is 0.0387. The fraction of sp³-hybridized carbons (Fsp3) is 0.542. The number of aliphatic hydroxyl groups is 1. The molecule has 0 saturated carbocycles. The molecule has 2 heterocycles. The summed E-state index contributed by atoms with van der Waals surface area (Å²) in [6, 6.07) is 11.3. The van der Waals surface area contributed by atoms with Crippen molar-refractivity contribution in [1.29, 1.82) is 0 Å². The Balaban J connectivity index is 1.48. The maximum Gasteiger partial charge on any atom is 0.319 e. The van der Waals surface area contributed by atoms with Gasteiger partial charge in [0.2, 0.25) is 0 Å². The van der Waals surface area contributed by atoms with Gasteiger partial charge in [0.1, 0.15) is 11.4 Å². The number of carbonyl (C=O) groups excluding carboxylic acids is 1. The van der Waals surface area contributed by atoms with Crippen molar-refractivity contribution in [3.8, 4) is 0 Å². The Hall–Kier alpha value is -2.35. The van der Waals surface area contributed by atoms with Crippen LogP contribution in [0.15, 0.2) is 47.1 Å². The first kappa shape index (κ1) is 23.3. The summed E-state index contributed by atoms with van der Waals surface area (Å²) in [5.74, 6) is 0.408. The second kappa shape index (κ2) is 10.8. The summed E-state index contributed by atoms with van der Waals surface area (Å²) in [6.45, 7) is 8.71. The standard InChI is InChI=1S/C24H35N3O4/c1-18(2)27(16-21-7-4-5-13-30-21)15-19-9-11-20(12-10-19)26-23(28)25-17-24(3,29)22-8-6-14-31-22/h6,8-12,14,18,21,29H,4-5,7,13,15-17H2,1-3H3,(H2,25,26,28)/t21-,24-/m1/s1. The van der Waals surface area contributed by atoms with Gasteiger partial charge in [-0.15, -0.1) is 0 Å². The first-order chi connectivity index (χ1) is 14.8. The van der Waals surface area contributed by atoms with Crippen LogP contribution in [0.3, 0.4) is 0 Å². The van der Waals surface area contributed by atoms with E-state index in [2.05, 4.69) is 29.4 Å². The Morgan fingerprint density at radius 3 is 2.65 bits per heavy atom. The van der Waals surface area contributed by atoms with E-state index in [0.717, 1.165) is 26.1 Å². The highest BCUT2D eigenvalue weighted by molar-refractivity contribution is 5.89. The number of anilines is 1. The Labute approximate surface area is 184 Å². The van der Waals surface area contributed by atoms with Crippen molar-refractivity contribution in [3.05, 3.63) is 54.0 Å². The summed E-state index contributed by atoms with van der Waals surface area (Å²) in [6.07, 6.45) is 5.36. The molecule has 1 aliphatic heterocycles. The first-order valence-electron chi connectivity index (χ1n) is 11.1. The summed E-state index contributed by atoms with van der Waals surface area (Å²) in [7, 11) is 0. The lowest BCUT2D eigenvalue weighted by molar-refractivity contribution is -0.0129. The molecular formula is C24H35N3O4. The first-order valence-corrected chi connectivity index (χ1v) is 11.1. The molecule has 1 aromatic heterocycles. The molecule has 170 valence electrons. The average molecular weight is 430 g/mol. The summed E-state index contributed by atoms with van der Waals surface area (Å²) in [5.41, 5.74) is 0.620. The third-order valence-electron chi connectivity index (χ3n) is 5.69. The number of amides is 2. The van der Waals surface area contributed by atoms with Gasteiger partial charge in [-0.05, 0) is 69.9 Å². The van der Waals surface area contributed by atoms with E-state index >= 15 is 0 Å². The van der Waals surface area contributed by atoms with Crippen molar-refractivity contribution < 1.29 is 19.1 Å². The van der Waals surface area contributed by atoms with E-state index in [-0.39, 0.29) is 12.6 Å². The van der Waals surface area contributed by atoms with Gasteiger partial charge < -0.3 is 24.9 Å². The van der Waals surface area contributed by atoms with Gasteiger partial charge in [-0.2, -0.15) is 0 Å². The van der Waals surface area contributed by atoms with Gasteiger partial charge in [-0.1, -0.05) is 12.1 Å². The lowest BCUT2D eigenvalue weighted by Crippen LogP contribution is -2.40. The zero-order valence-corrected chi connectivity index (χ0v) is 18.8. The van der Waals surface area contributed by atoms with Gasteiger partial charge in [-0.3, -0.25) is 4.90 Å². The number of nitrogens with zero attached hydrogens (tertiary/aromatic N) is 1. The molecule has 1 aliphatic rings. The molecule has 3 N–H and O–H groups in total. The maximum atomic E-state index is 12.2. The van der Waals surface area contributed by atoms with E-state index in [1.165, 1.54) is 24.7 Å². The summed E-state index contributed by atoms with van der Waals surface area (Å²) in [4.78, 5) is 14.6. The van der Waals surface area contributed by atoms with E-state index < -0.39 is 5.60 Å². The Kier molecular flexibility index (Phi) is 8.12. The molecule has 0 spiro atoms. The Morgan fingerprint density at radius 2 is 2.03 bits per heavy atom. The Morgan fingerprint density at radius 1 is 1.26 bits per heavy atom. The molecule has 1 aromatic carbocycles. The fourth-order valence-electron chi connectivity index (χ4n) is 3.70. The zero-order chi connectivity index (χ0) is 22.3. The van der Waals surface area contributed by atoms with Crippen LogP contribution in [0, 0.1) is 0 Å². The van der Waals surface area contributed by atoms with Crippen molar-refractivity contribution in [2.75, 3.05) is 25.0 Å². The molecule has 1 fully saturated rings. The quantitative estimate of drug-likeness (QED) is 0.559. The monoisotopic (exact) mass is 429 g/mol. The summed E-state index contributed by atoms with van der Waals surface area (Å²) in [5, 5.41) is 15.9. The van der Waals surface area contributed by atoms with Crippen molar-refractivity contribution in [2.45, 2.75) is 64.3 Å². The number of ether oxygens (including phenoxy) is 1. The largest absolute Gasteiger partial charge is 0.466 e. The van der Waals surface area contributed by atoms with Crippen LogP contribution < -0.4 is 10.6 Å². The predicted octanol–water partition coefficient (Wildman–Crippen LogP) is 4.09. The van der Waals surface area contributed by atoms with Crippen LogP contribution in [0.1, 0.15) is 51.4 Å². The van der Waals surface area contributed by atoms with Gasteiger partial charge >= 0.3 is 6.03 Å². The van der Waals surface area contributed by atoms with Gasteiger partial charge in [0.25, 0.3) is 0 Å². The lowest BCUT2D eigenvalue weighted by Gasteiger charge is -2.32. The molecule has 2 aromatic rings. The van der Waals surface area contributed by atoms with Crippen LogP contribution in [0.4, 0.5) is 10.5 Å². The van der Waals surface area contributed by atoms with E-state index in [1.54, 1.807) is 19.1 Å². The summed E-state index contributed by atoms with van der Waals surface area (Å²) < 4.78 is 11.1. The van der Waals surface area contributed by atoms with Crippen LogP contribution in [0.25, 0.3) is 0 Å². The van der Waals surface area contributed by atoms with Crippen molar-refractivity contribution >= 4 is 11.7 Å². The van der Waals surface area contributed by atoms with E-state index in [4.69, 9.17) is 9.15 Å². The Bertz CT molecular complexity index is 797. The lowest BCUT2D eigenvalue weighted by atomic mass is 10.0. The summed E-state index contributed by atoms with van der Waals surface area (Å²) >= 11 is 0. The number of carbonyl (C=O) groups is 1. The van der Waals surface area contributed by atoms with Gasteiger partial charge in [0.15, 0.2) is 0 Å². The van der Waals surface area contributed by atoms with Gasteiger partial charge in [0.05, 0.1) is 18.9 Å². The van der Waals surface area contributed by atoms with Crippen LogP contribution in [-0.2, 0) is 16.9 Å². The SMILES string of the molecule is CC(C)N(Cc1ccc(NC(=O)NC[C@@](C)(O)c2ccco2)cc1)C[C@H]1CCCCO1. The molecule has 1 saturated heterocycles. The van der Waals surface area contributed by atoms with Crippen molar-refractivity contribution in [2.24, 2.45) is 0 Å². The number of benzene rings is 1. The van der Waals surface area contributed by atoms with Gasteiger partial charge in [-0.25, -0.2) is 4.79 Å². The molecule has 31 heavy (non-hydrogen) atoms. The highest BCUT2D eigenvalue weighted by Crippen LogP contribution is 2.20. The molecule has 0 aliphatic carbocycles. The number of rotatable bonds is 9. The van der Waals surface area contributed by atoms with Crippen LogP contribution >= 0.6 is 0 Å². The molecule has 0 bridgehead atoms. The van der Waals surface area contributed by atoms with E-state index in [9.17, 15) is 9.90 Å². The topological polar surface area (TPSA) is 87.0 Å². The molecule has 7 heteroatoms.